The third kappa shape index (κ3) is 7.97. The van der Waals surface area contributed by atoms with Gasteiger partial charge in [0.25, 0.3) is 11.8 Å². The van der Waals surface area contributed by atoms with Gasteiger partial charge in [-0.1, -0.05) is 46.2 Å². The predicted molar refractivity (Wildman–Crippen MR) is 184 cm³/mol. The van der Waals surface area contributed by atoms with Crippen molar-refractivity contribution >= 4 is 17.7 Å². The van der Waals surface area contributed by atoms with E-state index < -0.39 is 74.9 Å². The quantitative estimate of drug-likeness (QED) is 0.259. The molecule has 1 aromatic heterocycles. The van der Waals surface area contributed by atoms with Gasteiger partial charge in [-0.2, -0.15) is 0 Å². The summed E-state index contributed by atoms with van der Waals surface area (Å²) < 4.78 is 56.5. The van der Waals surface area contributed by atoms with Crippen LogP contribution >= 0.6 is 0 Å². The van der Waals surface area contributed by atoms with E-state index >= 15 is 0 Å². The summed E-state index contributed by atoms with van der Waals surface area (Å²) in [5, 5.41) is 13.3. The highest BCUT2D eigenvalue weighted by Crippen LogP contribution is 2.51. The van der Waals surface area contributed by atoms with Crippen LogP contribution in [-0.2, 0) is 23.4 Å². The standard InChI is InChI=1S/C33H34F4N4O5.C5H12/c1-18-9-10-32(2,13-26(42)39(4)15-19-5-7-20(34)8-6-19)33(3)17-40(18)31(46)27-29(44)28(43)23(16-41(27)33)30(45)38-14-22-24(36)11-21(35)12-25(22)37;1-4-5(2)3/h5-8,11-12,16,18,44H,9-10,13-15,17H2,1-4H3,(H,38,45);5H,4H2,1-3H3. The fourth-order valence-electron chi connectivity index (χ4n) is 6.47. The van der Waals surface area contributed by atoms with Crippen molar-refractivity contribution in [1.82, 2.24) is 19.7 Å². The van der Waals surface area contributed by atoms with Gasteiger partial charge in [0, 0.05) is 68.5 Å². The highest BCUT2D eigenvalue weighted by molar-refractivity contribution is 5.99. The maximum Gasteiger partial charge on any atom is 0.274 e. The van der Waals surface area contributed by atoms with Crippen LogP contribution in [0.4, 0.5) is 17.6 Å². The molecule has 2 aliphatic rings. The summed E-state index contributed by atoms with van der Waals surface area (Å²) in [5.41, 5.74) is -4.00. The van der Waals surface area contributed by atoms with Crippen LogP contribution in [0.3, 0.4) is 0 Å². The van der Waals surface area contributed by atoms with Crippen LogP contribution in [0.1, 0.15) is 99.2 Å². The number of benzene rings is 2. The molecule has 3 aromatic rings. The molecule has 1 saturated heterocycles. The molecule has 0 radical (unpaired) electrons. The maximum absolute atomic E-state index is 14.2. The van der Waals surface area contributed by atoms with Gasteiger partial charge in [0.1, 0.15) is 28.8 Å². The topological polar surface area (TPSA) is 112 Å². The second kappa shape index (κ2) is 15.3. The molecule has 2 N–H and O–H groups in total. The lowest BCUT2D eigenvalue weighted by molar-refractivity contribution is -0.135. The average molecular weight is 715 g/mol. The van der Waals surface area contributed by atoms with E-state index in [-0.39, 0.29) is 37.2 Å². The number of carbonyl (C=O) groups excluding carboxylic acids is 3. The molecule has 0 saturated carbocycles. The SMILES string of the molecule is CC1CCC(C)(CC(=O)N(C)Cc2ccc(F)cc2)C2(C)CN1C(=O)c1c(O)c(=O)c(C(=O)NCc3c(F)cc(F)cc3F)cn12.CCC(C)C. The molecule has 2 aliphatic heterocycles. The molecule has 5 rings (SSSR count). The van der Waals surface area contributed by atoms with E-state index in [4.69, 9.17) is 0 Å². The zero-order chi connectivity index (χ0) is 38.0. The van der Waals surface area contributed by atoms with Crippen molar-refractivity contribution in [1.29, 1.82) is 0 Å². The number of aromatic nitrogens is 1. The van der Waals surface area contributed by atoms with Gasteiger partial charge in [-0.15, -0.1) is 0 Å². The van der Waals surface area contributed by atoms with Crippen molar-refractivity contribution < 1.29 is 37.1 Å². The number of hydrogen-bond donors (Lipinski definition) is 2. The molecule has 1 fully saturated rings. The van der Waals surface area contributed by atoms with E-state index in [2.05, 4.69) is 26.1 Å². The van der Waals surface area contributed by atoms with Crippen LogP contribution in [0.15, 0.2) is 47.4 Å². The summed E-state index contributed by atoms with van der Waals surface area (Å²) in [6.07, 6.45) is 3.41. The molecule has 3 atom stereocenters. The zero-order valence-corrected chi connectivity index (χ0v) is 30.1. The zero-order valence-electron chi connectivity index (χ0n) is 30.1. The number of hydrogen-bond acceptors (Lipinski definition) is 5. The Balaban J connectivity index is 0.00000109. The lowest BCUT2D eigenvalue weighted by atomic mass is 9.66. The van der Waals surface area contributed by atoms with Gasteiger partial charge in [0.15, 0.2) is 11.4 Å². The van der Waals surface area contributed by atoms with Crippen molar-refractivity contribution in [2.75, 3.05) is 13.6 Å². The summed E-state index contributed by atoms with van der Waals surface area (Å²) in [4.78, 5) is 56.9. The summed E-state index contributed by atoms with van der Waals surface area (Å²) in [5.74, 6) is -6.04. The minimum Gasteiger partial charge on any atom is -0.503 e. The number of aromatic hydroxyl groups is 1. The molecule has 0 spiro atoms. The van der Waals surface area contributed by atoms with Crippen LogP contribution < -0.4 is 10.7 Å². The van der Waals surface area contributed by atoms with Crippen molar-refractivity contribution in [2.45, 2.75) is 91.9 Å². The van der Waals surface area contributed by atoms with Gasteiger partial charge in [-0.3, -0.25) is 19.2 Å². The molecule has 276 valence electrons. The Kier molecular flexibility index (Phi) is 11.7. The summed E-state index contributed by atoms with van der Waals surface area (Å²) in [6.45, 7) is 11.7. The minimum atomic E-state index is -1.24. The smallest absolute Gasteiger partial charge is 0.274 e. The average Bonchev–Trinajstić information content (AvgIpc) is 3.15. The molecule has 13 heteroatoms. The number of nitrogens with one attached hydrogen (secondary N) is 1. The minimum absolute atomic E-state index is 0.00702. The van der Waals surface area contributed by atoms with Crippen LogP contribution in [0.2, 0.25) is 0 Å². The highest BCUT2D eigenvalue weighted by Gasteiger charge is 2.55. The molecule has 0 aliphatic carbocycles. The molecule has 3 amide bonds. The Labute approximate surface area is 295 Å². The van der Waals surface area contributed by atoms with Gasteiger partial charge in [0.2, 0.25) is 11.3 Å². The maximum atomic E-state index is 14.2. The van der Waals surface area contributed by atoms with Crippen LogP contribution in [-0.4, -0.2) is 56.8 Å². The Morgan fingerprint density at radius 3 is 2.20 bits per heavy atom. The second-order valence-electron chi connectivity index (χ2n) is 14.5. The predicted octanol–water partition coefficient (Wildman–Crippen LogP) is 6.50. The van der Waals surface area contributed by atoms with E-state index in [0.29, 0.717) is 25.0 Å². The molecule has 51 heavy (non-hydrogen) atoms. The molecule has 2 aromatic carbocycles. The van der Waals surface area contributed by atoms with E-state index in [1.54, 1.807) is 31.0 Å². The molecule has 9 nitrogen and oxygen atoms in total. The van der Waals surface area contributed by atoms with E-state index in [1.165, 1.54) is 28.0 Å². The molecular weight excluding hydrogens is 668 g/mol. The Morgan fingerprint density at radius 1 is 1.04 bits per heavy atom. The van der Waals surface area contributed by atoms with Crippen LogP contribution in [0.25, 0.3) is 0 Å². The lowest BCUT2D eigenvalue weighted by Gasteiger charge is -2.52. The van der Waals surface area contributed by atoms with Crippen molar-refractivity contribution in [2.24, 2.45) is 11.3 Å². The molecule has 3 unspecified atom stereocenters. The number of amides is 3. The van der Waals surface area contributed by atoms with Crippen molar-refractivity contribution in [3.05, 3.63) is 98.5 Å². The number of carbonyl (C=O) groups is 3. The number of rotatable bonds is 8. The largest absolute Gasteiger partial charge is 0.503 e. The fourth-order valence-corrected chi connectivity index (χ4v) is 6.47. The number of halogens is 4. The number of pyridine rings is 1. The van der Waals surface area contributed by atoms with E-state index in [9.17, 15) is 41.8 Å². The summed E-state index contributed by atoms with van der Waals surface area (Å²) >= 11 is 0. The monoisotopic (exact) mass is 714 g/mol. The Morgan fingerprint density at radius 2 is 1.63 bits per heavy atom. The van der Waals surface area contributed by atoms with Crippen LogP contribution in [0, 0.1) is 34.6 Å². The number of fused-ring (bicyclic) bond motifs is 4. The Bertz CT molecular complexity index is 1840. The molecular formula is C38H46F4N4O5. The van der Waals surface area contributed by atoms with Gasteiger partial charge in [-0.25, -0.2) is 17.6 Å². The third-order valence-electron chi connectivity index (χ3n) is 10.5. The van der Waals surface area contributed by atoms with E-state index in [1.807, 2.05) is 13.8 Å². The highest BCUT2D eigenvalue weighted by atomic mass is 19.1. The van der Waals surface area contributed by atoms with Crippen LogP contribution in [0.5, 0.6) is 5.75 Å². The molecule has 3 heterocycles. The van der Waals surface area contributed by atoms with Crippen molar-refractivity contribution in [3.8, 4) is 5.75 Å². The van der Waals surface area contributed by atoms with Gasteiger partial charge < -0.3 is 24.8 Å². The molecule has 2 bridgehead atoms. The van der Waals surface area contributed by atoms with E-state index in [0.717, 1.165) is 17.7 Å². The summed E-state index contributed by atoms with van der Waals surface area (Å²) in [6, 6.07) is 6.39. The first kappa shape index (κ1) is 39.1. The van der Waals surface area contributed by atoms with Gasteiger partial charge >= 0.3 is 0 Å². The Hall–Kier alpha value is -4.68. The first-order chi connectivity index (χ1) is 23.8. The third-order valence-corrected chi connectivity index (χ3v) is 10.5. The van der Waals surface area contributed by atoms with Crippen molar-refractivity contribution in [3.63, 3.8) is 0 Å². The van der Waals surface area contributed by atoms with Gasteiger partial charge in [-0.05, 0) is 50.3 Å². The van der Waals surface area contributed by atoms with Gasteiger partial charge in [0.05, 0.1) is 5.54 Å². The number of nitrogens with zero attached hydrogens (tertiary/aromatic N) is 3. The first-order valence-corrected chi connectivity index (χ1v) is 17.0. The fraction of sp³-hybridized carbons (Fsp3) is 0.474. The lowest BCUT2D eigenvalue weighted by Crippen LogP contribution is -2.60. The normalized spacial score (nSPS) is 21.0. The summed E-state index contributed by atoms with van der Waals surface area (Å²) in [7, 11) is 1.62. The first-order valence-electron chi connectivity index (χ1n) is 17.0. The second-order valence-corrected chi connectivity index (χ2v) is 14.5.